The maximum absolute atomic E-state index is 11.7. The Hall–Kier alpha value is -2.35. The lowest BCUT2D eigenvalue weighted by Gasteiger charge is -2.11. The first kappa shape index (κ1) is 14.1. The first-order valence-corrected chi connectivity index (χ1v) is 6.63. The topological polar surface area (TPSA) is 59.8 Å². The molecule has 1 amide bonds. The van der Waals surface area contributed by atoms with Crippen molar-refractivity contribution in [3.63, 3.8) is 0 Å². The molecular formula is C15H16N2O3. The molecule has 0 aliphatic heterocycles. The van der Waals surface area contributed by atoms with Crippen LogP contribution < -0.4 is 5.32 Å². The van der Waals surface area contributed by atoms with Gasteiger partial charge in [-0.25, -0.2) is 9.64 Å². The summed E-state index contributed by atoms with van der Waals surface area (Å²) in [5.41, 5.74) is 0.798. The van der Waals surface area contributed by atoms with E-state index in [0.717, 1.165) is 25.7 Å². The minimum Gasteiger partial charge on any atom is -0.452 e. The van der Waals surface area contributed by atoms with Crippen LogP contribution in [0.25, 0.3) is 4.85 Å². The number of hydrogen-bond acceptors (Lipinski definition) is 3. The number of amides is 1. The molecule has 1 aliphatic carbocycles. The number of hydrogen-bond donors (Lipinski definition) is 1. The van der Waals surface area contributed by atoms with Gasteiger partial charge >= 0.3 is 5.97 Å². The summed E-state index contributed by atoms with van der Waals surface area (Å²) >= 11 is 0. The Bertz CT molecular complexity index is 525. The van der Waals surface area contributed by atoms with Crippen molar-refractivity contribution in [1.29, 1.82) is 0 Å². The summed E-state index contributed by atoms with van der Waals surface area (Å²) in [4.78, 5) is 26.5. The molecule has 1 aromatic rings. The van der Waals surface area contributed by atoms with Gasteiger partial charge in [0, 0.05) is 6.04 Å². The van der Waals surface area contributed by atoms with E-state index in [0.29, 0.717) is 11.3 Å². The maximum atomic E-state index is 11.7. The molecule has 0 atom stereocenters. The summed E-state index contributed by atoms with van der Waals surface area (Å²) in [5, 5.41) is 2.85. The molecule has 0 saturated heterocycles. The average molecular weight is 272 g/mol. The zero-order valence-corrected chi connectivity index (χ0v) is 11.1. The zero-order chi connectivity index (χ0) is 14.4. The molecule has 5 heteroatoms. The number of ether oxygens (including phenoxy) is 1. The first-order valence-electron chi connectivity index (χ1n) is 6.63. The zero-order valence-electron chi connectivity index (χ0n) is 11.1. The second kappa shape index (κ2) is 6.71. The number of rotatable bonds is 4. The molecule has 0 unspecified atom stereocenters. The van der Waals surface area contributed by atoms with Crippen molar-refractivity contribution in [2.45, 2.75) is 31.7 Å². The molecule has 1 aliphatic rings. The summed E-state index contributed by atoms with van der Waals surface area (Å²) in [6.07, 6.45) is 4.27. The smallest absolute Gasteiger partial charge is 0.338 e. The predicted molar refractivity (Wildman–Crippen MR) is 73.4 cm³/mol. The number of carbonyl (C=O) groups is 2. The lowest BCUT2D eigenvalue weighted by atomic mass is 10.2. The van der Waals surface area contributed by atoms with Gasteiger partial charge in [-0.05, 0) is 12.8 Å². The third kappa shape index (κ3) is 3.82. The van der Waals surface area contributed by atoms with Crippen LogP contribution in [0.3, 0.4) is 0 Å². The van der Waals surface area contributed by atoms with Crippen LogP contribution in [0.2, 0.25) is 0 Å². The van der Waals surface area contributed by atoms with Crippen LogP contribution >= 0.6 is 0 Å². The molecule has 20 heavy (non-hydrogen) atoms. The Morgan fingerprint density at radius 2 is 1.90 bits per heavy atom. The minimum atomic E-state index is -0.553. The highest BCUT2D eigenvalue weighted by Crippen LogP contribution is 2.17. The Morgan fingerprint density at radius 3 is 2.50 bits per heavy atom. The standard InChI is InChI=1S/C15H16N2O3/c1-16-12-8-6-11(7-9-12)15(19)20-10-14(18)17-13-4-2-3-5-13/h6-9,13H,2-5,10H2,(H,17,18). The van der Waals surface area contributed by atoms with E-state index in [2.05, 4.69) is 10.2 Å². The molecule has 2 rings (SSSR count). The van der Waals surface area contributed by atoms with Crippen molar-refractivity contribution in [2.24, 2.45) is 0 Å². The third-order valence-electron chi connectivity index (χ3n) is 3.29. The van der Waals surface area contributed by atoms with Gasteiger partial charge < -0.3 is 10.1 Å². The number of esters is 1. The molecule has 0 aromatic heterocycles. The van der Waals surface area contributed by atoms with Gasteiger partial charge in [-0.3, -0.25) is 4.79 Å². The van der Waals surface area contributed by atoms with Gasteiger partial charge in [0.05, 0.1) is 12.1 Å². The fourth-order valence-corrected chi connectivity index (χ4v) is 2.23. The Labute approximate surface area is 117 Å². The van der Waals surface area contributed by atoms with E-state index in [1.807, 2.05) is 0 Å². The molecule has 5 nitrogen and oxygen atoms in total. The van der Waals surface area contributed by atoms with Gasteiger partial charge in [0.15, 0.2) is 12.3 Å². The lowest BCUT2D eigenvalue weighted by molar-refractivity contribution is -0.124. The minimum absolute atomic E-state index is 0.221. The van der Waals surface area contributed by atoms with Gasteiger partial charge in [0.2, 0.25) is 0 Å². The van der Waals surface area contributed by atoms with E-state index in [9.17, 15) is 9.59 Å². The maximum Gasteiger partial charge on any atom is 0.338 e. The van der Waals surface area contributed by atoms with E-state index in [1.165, 1.54) is 12.1 Å². The van der Waals surface area contributed by atoms with Crippen LogP contribution in [-0.4, -0.2) is 24.5 Å². The Kier molecular flexibility index (Phi) is 4.72. The molecule has 0 radical (unpaired) electrons. The molecule has 1 aromatic carbocycles. The molecule has 104 valence electrons. The van der Waals surface area contributed by atoms with Gasteiger partial charge in [-0.15, -0.1) is 0 Å². The van der Waals surface area contributed by atoms with E-state index in [4.69, 9.17) is 11.3 Å². The van der Waals surface area contributed by atoms with Crippen molar-refractivity contribution in [3.05, 3.63) is 41.2 Å². The van der Waals surface area contributed by atoms with Gasteiger partial charge in [0.25, 0.3) is 5.91 Å². The van der Waals surface area contributed by atoms with E-state index in [-0.39, 0.29) is 18.6 Å². The number of nitrogens with zero attached hydrogens (tertiary/aromatic N) is 1. The summed E-state index contributed by atoms with van der Waals surface area (Å²) in [6, 6.07) is 6.35. The van der Waals surface area contributed by atoms with Gasteiger partial charge in [-0.1, -0.05) is 37.1 Å². The van der Waals surface area contributed by atoms with Crippen molar-refractivity contribution < 1.29 is 14.3 Å². The molecule has 0 spiro atoms. The predicted octanol–water partition coefficient (Wildman–Crippen LogP) is 2.45. The van der Waals surface area contributed by atoms with Gasteiger partial charge in [0.1, 0.15) is 0 Å². The summed E-state index contributed by atoms with van der Waals surface area (Å²) < 4.78 is 4.95. The molecule has 1 fully saturated rings. The monoisotopic (exact) mass is 272 g/mol. The number of benzene rings is 1. The second-order valence-corrected chi connectivity index (χ2v) is 4.78. The Balaban J connectivity index is 1.79. The first-order chi connectivity index (χ1) is 9.69. The molecule has 0 bridgehead atoms. The van der Waals surface area contributed by atoms with Crippen LogP contribution in [0.15, 0.2) is 24.3 Å². The summed E-state index contributed by atoms with van der Waals surface area (Å²) in [6.45, 7) is 6.56. The van der Waals surface area contributed by atoms with Crippen LogP contribution in [0.4, 0.5) is 5.69 Å². The van der Waals surface area contributed by atoms with E-state index < -0.39 is 5.97 Å². The van der Waals surface area contributed by atoms with Crippen LogP contribution in [-0.2, 0) is 9.53 Å². The van der Waals surface area contributed by atoms with Crippen molar-refractivity contribution in [1.82, 2.24) is 5.32 Å². The van der Waals surface area contributed by atoms with Gasteiger partial charge in [-0.2, -0.15) is 0 Å². The van der Waals surface area contributed by atoms with E-state index >= 15 is 0 Å². The van der Waals surface area contributed by atoms with Crippen molar-refractivity contribution >= 4 is 17.6 Å². The summed E-state index contributed by atoms with van der Waals surface area (Å²) in [7, 11) is 0. The Morgan fingerprint density at radius 1 is 1.25 bits per heavy atom. The third-order valence-corrected chi connectivity index (χ3v) is 3.29. The molecule has 1 N–H and O–H groups in total. The quantitative estimate of drug-likeness (QED) is 0.676. The fraction of sp³-hybridized carbons (Fsp3) is 0.400. The normalized spacial score (nSPS) is 14.6. The highest BCUT2D eigenvalue weighted by atomic mass is 16.5. The molecule has 0 heterocycles. The molecular weight excluding hydrogens is 256 g/mol. The van der Waals surface area contributed by atoms with Crippen LogP contribution in [0, 0.1) is 6.57 Å². The van der Waals surface area contributed by atoms with Crippen LogP contribution in [0.5, 0.6) is 0 Å². The lowest BCUT2D eigenvalue weighted by Crippen LogP contribution is -2.35. The largest absolute Gasteiger partial charge is 0.452 e. The fourth-order valence-electron chi connectivity index (χ4n) is 2.23. The average Bonchev–Trinajstić information content (AvgIpc) is 2.97. The molecule has 1 saturated carbocycles. The number of carbonyl (C=O) groups excluding carboxylic acids is 2. The van der Waals surface area contributed by atoms with Crippen LogP contribution in [0.1, 0.15) is 36.0 Å². The summed E-state index contributed by atoms with van der Waals surface area (Å²) in [5.74, 6) is -0.814. The van der Waals surface area contributed by atoms with E-state index in [1.54, 1.807) is 12.1 Å². The SMILES string of the molecule is [C-]#[N+]c1ccc(C(=O)OCC(=O)NC2CCCC2)cc1. The highest BCUT2D eigenvalue weighted by Gasteiger charge is 2.18. The van der Waals surface area contributed by atoms with Crippen molar-refractivity contribution in [2.75, 3.05) is 6.61 Å². The highest BCUT2D eigenvalue weighted by molar-refractivity contribution is 5.91. The second-order valence-electron chi connectivity index (χ2n) is 4.78. The van der Waals surface area contributed by atoms with Crippen molar-refractivity contribution in [3.8, 4) is 0 Å². The number of nitrogens with one attached hydrogen (secondary N) is 1.